The van der Waals surface area contributed by atoms with E-state index in [1.54, 1.807) is 6.20 Å². The number of benzene rings is 2. The van der Waals surface area contributed by atoms with Gasteiger partial charge in [-0.1, -0.05) is 18.6 Å². The number of aromatic nitrogens is 3. The molecule has 0 aliphatic heterocycles. The summed E-state index contributed by atoms with van der Waals surface area (Å²) >= 11 is 0.380. The minimum absolute atomic E-state index is 0. The van der Waals surface area contributed by atoms with Crippen molar-refractivity contribution in [2.45, 2.75) is 27.7 Å². The van der Waals surface area contributed by atoms with Crippen LogP contribution in [0.4, 0.5) is 0 Å². The molecular weight excluding hydrogens is 686 g/mol. The summed E-state index contributed by atoms with van der Waals surface area (Å²) in [6.07, 6.45) is 5.70. The van der Waals surface area contributed by atoms with Gasteiger partial charge in [0, 0.05) is 26.3 Å². The van der Waals surface area contributed by atoms with E-state index in [1.165, 1.54) is 36.0 Å². The molecule has 0 atom stereocenters. The van der Waals surface area contributed by atoms with Crippen molar-refractivity contribution < 1.29 is 20.1 Å². The molecule has 6 rings (SSSR count). The van der Waals surface area contributed by atoms with Gasteiger partial charge in [0.2, 0.25) is 0 Å². The molecule has 0 spiro atoms. The van der Waals surface area contributed by atoms with E-state index in [-0.39, 0.29) is 20.1 Å². The third-order valence-electron chi connectivity index (χ3n) is 6.07. The van der Waals surface area contributed by atoms with Crippen molar-refractivity contribution in [2.75, 3.05) is 0 Å². The molecule has 0 fully saturated rings. The van der Waals surface area contributed by atoms with E-state index >= 15 is 0 Å². The van der Waals surface area contributed by atoms with E-state index in [2.05, 4.69) is 96.4 Å². The summed E-state index contributed by atoms with van der Waals surface area (Å²) in [5.41, 5.74) is 8.70. The monoisotopic (exact) mass is 712 g/mol. The molecule has 4 aromatic heterocycles. The van der Waals surface area contributed by atoms with Gasteiger partial charge in [-0.25, -0.2) is 0 Å². The molecule has 36 heavy (non-hydrogen) atoms. The van der Waals surface area contributed by atoms with Crippen LogP contribution in [0.5, 0.6) is 0 Å². The normalized spacial score (nSPS) is 10.6. The zero-order valence-electron chi connectivity index (χ0n) is 20.6. The first-order valence-electron chi connectivity index (χ1n) is 11.5. The molecule has 0 amide bonds. The maximum Gasteiger partial charge on any atom is 0 e. The predicted octanol–water partition coefficient (Wildman–Crippen LogP) is 7.09. The van der Waals surface area contributed by atoms with Gasteiger partial charge in [-0.05, 0) is 25.1 Å². The van der Waals surface area contributed by atoms with E-state index in [9.17, 15) is 0 Å². The van der Waals surface area contributed by atoms with Gasteiger partial charge in [-0.3, -0.25) is 0 Å². The largest absolute Gasteiger partial charge is 0 e. The Kier molecular flexibility index (Phi) is 8.28. The van der Waals surface area contributed by atoms with E-state index in [0.29, 0.717) is 14.5 Å². The Balaban J connectivity index is 0.000000172. The van der Waals surface area contributed by atoms with Gasteiger partial charge in [0.15, 0.2) is 0 Å². The van der Waals surface area contributed by atoms with Crippen LogP contribution < -0.4 is 0 Å². The van der Waals surface area contributed by atoms with Gasteiger partial charge >= 0.3 is 122 Å². The van der Waals surface area contributed by atoms with Crippen LogP contribution >= 0.6 is 0 Å². The summed E-state index contributed by atoms with van der Waals surface area (Å²) in [5, 5.41) is 2.68. The van der Waals surface area contributed by atoms with Crippen molar-refractivity contribution in [3.05, 3.63) is 114 Å². The fourth-order valence-corrected chi connectivity index (χ4v) is 6.11. The summed E-state index contributed by atoms with van der Waals surface area (Å²) in [6.45, 7) is 8.24. The second-order valence-electron chi connectivity index (χ2n) is 8.65. The van der Waals surface area contributed by atoms with Crippen LogP contribution in [0.25, 0.3) is 41.8 Å². The zero-order valence-corrected chi connectivity index (χ0v) is 24.7. The molecule has 0 aliphatic carbocycles. The second kappa shape index (κ2) is 11.4. The van der Waals surface area contributed by atoms with Gasteiger partial charge in [0.25, 0.3) is 0 Å². The number of hydrogen-bond acceptors (Lipinski definition) is 3. The third kappa shape index (κ3) is 5.56. The smallest absolute Gasteiger partial charge is 0 e. The van der Waals surface area contributed by atoms with E-state index in [1.807, 2.05) is 31.5 Å². The number of rotatable bonds is 2. The third-order valence-corrected chi connectivity index (χ3v) is 8.42. The molecule has 2 aromatic carbocycles. The Labute approximate surface area is 231 Å². The summed E-state index contributed by atoms with van der Waals surface area (Å²) < 4.78 is 2.81. The quantitative estimate of drug-likeness (QED) is 0.142. The minimum atomic E-state index is 0. The van der Waals surface area contributed by atoms with Crippen LogP contribution in [0.3, 0.4) is 0 Å². The first-order valence-corrected chi connectivity index (χ1v) is 13.2. The molecular formula is C31H25IrN3Se-2. The Bertz CT molecular complexity index is 1640. The Morgan fingerprint density at radius 3 is 2.28 bits per heavy atom. The molecule has 0 saturated heterocycles. The fourth-order valence-electron chi connectivity index (χ4n) is 3.90. The summed E-state index contributed by atoms with van der Waals surface area (Å²) in [7, 11) is 0. The first kappa shape index (κ1) is 26.1. The Hall–Kier alpha value is -2.94. The maximum absolute atomic E-state index is 4.61. The molecule has 6 aromatic rings. The van der Waals surface area contributed by atoms with Crippen molar-refractivity contribution in [1.82, 2.24) is 15.0 Å². The molecule has 3 nitrogen and oxygen atoms in total. The van der Waals surface area contributed by atoms with Crippen LogP contribution in [0.2, 0.25) is 0 Å². The molecule has 4 heterocycles. The molecule has 5 heteroatoms. The first-order chi connectivity index (χ1) is 17.0. The molecule has 0 bridgehead atoms. The van der Waals surface area contributed by atoms with Crippen molar-refractivity contribution in [1.29, 1.82) is 0 Å². The van der Waals surface area contributed by atoms with Gasteiger partial charge < -0.3 is 4.98 Å². The number of pyridine rings is 3. The average Bonchev–Trinajstić information content (AvgIpc) is 3.25. The molecule has 181 valence electrons. The molecule has 0 saturated carbocycles. The van der Waals surface area contributed by atoms with Gasteiger partial charge in [0.1, 0.15) is 0 Å². The van der Waals surface area contributed by atoms with Crippen LogP contribution in [-0.2, 0) is 20.1 Å². The van der Waals surface area contributed by atoms with Crippen molar-refractivity contribution >= 4 is 33.8 Å². The van der Waals surface area contributed by atoms with Gasteiger partial charge in [0.05, 0.1) is 0 Å². The number of hydrogen-bond donors (Lipinski definition) is 0. The summed E-state index contributed by atoms with van der Waals surface area (Å²) in [6, 6.07) is 27.4. The van der Waals surface area contributed by atoms with E-state index < -0.39 is 0 Å². The SMILES string of the molecule is Cc1c[c-]c(-c2cc(C)c(C)cn2)cc1.Cc1ncc[c-]c1-c1cc2c(cn1)[se]c1ccccc12.[Ir]. The average molecular weight is 711 g/mol. The van der Waals surface area contributed by atoms with Crippen molar-refractivity contribution in [3.63, 3.8) is 0 Å². The fraction of sp³-hybridized carbons (Fsp3) is 0.129. The zero-order chi connectivity index (χ0) is 24.4. The summed E-state index contributed by atoms with van der Waals surface area (Å²) in [4.78, 5) is 13.3. The van der Waals surface area contributed by atoms with E-state index in [4.69, 9.17) is 0 Å². The van der Waals surface area contributed by atoms with E-state index in [0.717, 1.165) is 28.2 Å². The molecule has 0 unspecified atom stereocenters. The van der Waals surface area contributed by atoms with Crippen molar-refractivity contribution in [2.24, 2.45) is 0 Å². The van der Waals surface area contributed by atoms with Gasteiger partial charge in [-0.2, -0.15) is 0 Å². The maximum atomic E-state index is 4.61. The van der Waals surface area contributed by atoms with Crippen LogP contribution in [-0.4, -0.2) is 29.5 Å². The van der Waals surface area contributed by atoms with Crippen molar-refractivity contribution in [3.8, 4) is 22.5 Å². The number of aryl methyl sites for hydroxylation is 4. The molecule has 0 aliphatic rings. The van der Waals surface area contributed by atoms with Crippen LogP contribution in [0.1, 0.15) is 22.4 Å². The Morgan fingerprint density at radius 1 is 0.722 bits per heavy atom. The predicted molar refractivity (Wildman–Crippen MR) is 146 cm³/mol. The standard InChI is InChI=1S/C17H11N2Se.C14H14N.Ir/c1-11-12(6-4-8-18-11)15-9-14-13-5-2-3-7-16(13)20-17(14)10-19-15;1-10-4-6-13(7-5-10)14-8-11(2)12(3)9-15-14;/h2-5,7-10H,1H3;4-6,8-9H,1-3H3;/q2*-1;. The molecule has 1 radical (unpaired) electrons. The second-order valence-corrected chi connectivity index (χ2v) is 10.9. The number of nitrogens with zero attached hydrogens (tertiary/aromatic N) is 3. The summed E-state index contributed by atoms with van der Waals surface area (Å²) in [5.74, 6) is 0. The van der Waals surface area contributed by atoms with Crippen LogP contribution in [0.15, 0.2) is 79.3 Å². The minimum Gasteiger partial charge on any atom is 0 e. The Morgan fingerprint density at radius 2 is 1.53 bits per heavy atom. The number of fused-ring (bicyclic) bond motifs is 3. The van der Waals surface area contributed by atoms with Crippen LogP contribution in [0, 0.1) is 39.8 Å². The topological polar surface area (TPSA) is 38.7 Å². The van der Waals surface area contributed by atoms with Gasteiger partial charge in [-0.15, -0.1) is 35.4 Å². The molecule has 0 N–H and O–H groups in total.